The molecule has 0 bridgehead atoms. The Morgan fingerprint density at radius 3 is 2.34 bits per heavy atom. The standard InChI is InChI=1S/C28H30BrClN2O3/c1-2-3-17-31-28(34)25(18-21-9-5-4-6-10-21)32(19-22-13-15-23(29)16-14-22)27(33)20-35-26-12-8-7-11-24(26)30/h4-16,25H,2-3,17-20H2,1H3,(H,31,34)/t25-/m1/s1. The molecule has 3 aromatic rings. The molecular formula is C28H30BrClN2O3. The molecule has 3 rings (SSSR count). The SMILES string of the molecule is CCCCNC(=O)[C@@H](Cc1ccccc1)N(Cc1ccc(Br)cc1)C(=O)COc1ccccc1Cl. The average molecular weight is 558 g/mol. The number of unbranched alkanes of at least 4 members (excludes halogenated alkanes) is 1. The largest absolute Gasteiger partial charge is 0.482 e. The third kappa shape index (κ3) is 8.41. The van der Waals surface area contributed by atoms with Crippen LogP contribution in [0, 0.1) is 0 Å². The summed E-state index contributed by atoms with van der Waals surface area (Å²) in [7, 11) is 0. The molecule has 0 aliphatic rings. The highest BCUT2D eigenvalue weighted by Gasteiger charge is 2.30. The Morgan fingerprint density at radius 1 is 0.971 bits per heavy atom. The first-order valence-electron chi connectivity index (χ1n) is 11.7. The summed E-state index contributed by atoms with van der Waals surface area (Å²) in [5.74, 6) is -0.0389. The van der Waals surface area contributed by atoms with E-state index in [0.717, 1.165) is 28.4 Å². The van der Waals surface area contributed by atoms with Crippen LogP contribution in [0.1, 0.15) is 30.9 Å². The molecule has 1 N–H and O–H groups in total. The van der Waals surface area contributed by atoms with Crippen molar-refractivity contribution in [1.82, 2.24) is 10.2 Å². The van der Waals surface area contributed by atoms with Gasteiger partial charge in [0.2, 0.25) is 5.91 Å². The molecule has 0 radical (unpaired) electrons. The van der Waals surface area contributed by atoms with Gasteiger partial charge < -0.3 is 15.0 Å². The maximum atomic E-state index is 13.5. The first-order chi connectivity index (χ1) is 17.0. The molecule has 0 saturated heterocycles. The van der Waals surface area contributed by atoms with Crippen LogP contribution in [0.5, 0.6) is 5.75 Å². The van der Waals surface area contributed by atoms with Gasteiger partial charge in [-0.05, 0) is 41.8 Å². The fraction of sp³-hybridized carbons (Fsp3) is 0.286. The first kappa shape index (κ1) is 26.8. The van der Waals surface area contributed by atoms with Crippen molar-refractivity contribution in [2.45, 2.75) is 38.8 Å². The minimum absolute atomic E-state index is 0.175. The number of hydrogen-bond donors (Lipinski definition) is 1. The van der Waals surface area contributed by atoms with Crippen LogP contribution in [0.3, 0.4) is 0 Å². The second-order valence-electron chi connectivity index (χ2n) is 8.22. The summed E-state index contributed by atoms with van der Waals surface area (Å²) in [6.07, 6.45) is 2.24. The molecule has 7 heteroatoms. The van der Waals surface area contributed by atoms with Crippen molar-refractivity contribution in [3.63, 3.8) is 0 Å². The van der Waals surface area contributed by atoms with Crippen LogP contribution in [0.4, 0.5) is 0 Å². The van der Waals surface area contributed by atoms with E-state index in [2.05, 4.69) is 28.2 Å². The maximum absolute atomic E-state index is 13.5. The van der Waals surface area contributed by atoms with E-state index in [4.69, 9.17) is 16.3 Å². The third-order valence-corrected chi connectivity index (χ3v) is 6.40. The lowest BCUT2D eigenvalue weighted by atomic mass is 10.0. The Balaban J connectivity index is 1.88. The van der Waals surface area contributed by atoms with Gasteiger partial charge in [-0.15, -0.1) is 0 Å². The summed E-state index contributed by atoms with van der Waals surface area (Å²) in [4.78, 5) is 28.5. The van der Waals surface area contributed by atoms with E-state index in [1.807, 2.05) is 54.6 Å². The normalized spacial score (nSPS) is 11.5. The third-order valence-electron chi connectivity index (χ3n) is 5.55. The number of ether oxygens (including phenoxy) is 1. The molecule has 184 valence electrons. The zero-order valence-corrected chi connectivity index (χ0v) is 22.1. The van der Waals surface area contributed by atoms with Gasteiger partial charge in [0.15, 0.2) is 6.61 Å². The highest BCUT2D eigenvalue weighted by Crippen LogP contribution is 2.24. The molecule has 1 atom stereocenters. The van der Waals surface area contributed by atoms with Crippen LogP contribution in [-0.2, 0) is 22.6 Å². The number of carbonyl (C=O) groups excluding carboxylic acids is 2. The second kappa shape index (κ2) is 13.9. The maximum Gasteiger partial charge on any atom is 0.261 e. The van der Waals surface area contributed by atoms with Gasteiger partial charge in [0.1, 0.15) is 11.8 Å². The Kier molecular flexibility index (Phi) is 10.6. The van der Waals surface area contributed by atoms with E-state index < -0.39 is 6.04 Å². The number of hydrogen-bond acceptors (Lipinski definition) is 3. The number of amides is 2. The minimum atomic E-state index is -0.694. The molecule has 0 unspecified atom stereocenters. The van der Waals surface area contributed by atoms with Gasteiger partial charge in [-0.2, -0.15) is 0 Å². The lowest BCUT2D eigenvalue weighted by Crippen LogP contribution is -2.51. The topological polar surface area (TPSA) is 58.6 Å². The van der Waals surface area contributed by atoms with Crippen molar-refractivity contribution < 1.29 is 14.3 Å². The molecule has 2 amide bonds. The minimum Gasteiger partial charge on any atom is -0.482 e. The van der Waals surface area contributed by atoms with Gasteiger partial charge in [0, 0.05) is 24.0 Å². The van der Waals surface area contributed by atoms with E-state index >= 15 is 0 Å². The van der Waals surface area contributed by atoms with Crippen LogP contribution >= 0.6 is 27.5 Å². The molecule has 3 aromatic carbocycles. The van der Waals surface area contributed by atoms with Crippen molar-refractivity contribution in [3.8, 4) is 5.75 Å². The van der Waals surface area contributed by atoms with Crippen molar-refractivity contribution >= 4 is 39.3 Å². The first-order valence-corrected chi connectivity index (χ1v) is 12.9. The van der Waals surface area contributed by atoms with Crippen molar-refractivity contribution in [2.24, 2.45) is 0 Å². The monoisotopic (exact) mass is 556 g/mol. The summed E-state index contributed by atoms with van der Waals surface area (Å²) in [6.45, 7) is 2.69. The number of benzene rings is 3. The summed E-state index contributed by atoms with van der Waals surface area (Å²) in [5, 5.41) is 3.44. The molecule has 0 aromatic heterocycles. The van der Waals surface area contributed by atoms with Gasteiger partial charge in [-0.1, -0.05) is 95.5 Å². The van der Waals surface area contributed by atoms with Crippen LogP contribution in [-0.4, -0.2) is 35.9 Å². The summed E-state index contributed by atoms with van der Waals surface area (Å²) >= 11 is 9.66. The number of carbonyl (C=O) groups is 2. The van der Waals surface area contributed by atoms with E-state index in [9.17, 15) is 9.59 Å². The number of nitrogens with zero attached hydrogens (tertiary/aromatic N) is 1. The van der Waals surface area contributed by atoms with Gasteiger partial charge in [-0.3, -0.25) is 9.59 Å². The molecule has 0 fully saturated rings. The van der Waals surface area contributed by atoms with Crippen LogP contribution in [0.2, 0.25) is 5.02 Å². The van der Waals surface area contributed by atoms with E-state index in [0.29, 0.717) is 23.7 Å². The molecule has 5 nitrogen and oxygen atoms in total. The van der Waals surface area contributed by atoms with Crippen molar-refractivity contribution in [3.05, 3.63) is 99.5 Å². The predicted octanol–water partition coefficient (Wildman–Crippen LogP) is 6.04. The number of halogens is 2. The smallest absolute Gasteiger partial charge is 0.261 e. The van der Waals surface area contributed by atoms with Gasteiger partial charge in [-0.25, -0.2) is 0 Å². The quantitative estimate of drug-likeness (QED) is 0.276. The average Bonchev–Trinajstić information content (AvgIpc) is 2.87. The zero-order valence-electron chi connectivity index (χ0n) is 19.8. The zero-order chi connectivity index (χ0) is 25.0. The Hall–Kier alpha value is -2.83. The Labute approximate surface area is 220 Å². The van der Waals surface area contributed by atoms with E-state index in [-0.39, 0.29) is 25.0 Å². The van der Waals surface area contributed by atoms with E-state index in [1.165, 1.54) is 0 Å². The number of para-hydroxylation sites is 1. The van der Waals surface area contributed by atoms with Crippen LogP contribution in [0.25, 0.3) is 0 Å². The fourth-order valence-corrected chi connectivity index (χ4v) is 4.09. The van der Waals surface area contributed by atoms with Crippen LogP contribution < -0.4 is 10.1 Å². The van der Waals surface area contributed by atoms with Gasteiger partial charge >= 0.3 is 0 Å². The van der Waals surface area contributed by atoms with Crippen molar-refractivity contribution in [2.75, 3.05) is 13.2 Å². The lowest BCUT2D eigenvalue weighted by molar-refractivity contribution is -0.142. The summed E-state index contributed by atoms with van der Waals surface area (Å²) in [5.41, 5.74) is 1.89. The predicted molar refractivity (Wildman–Crippen MR) is 143 cm³/mol. The Bertz CT molecular complexity index is 1090. The van der Waals surface area contributed by atoms with Gasteiger partial charge in [0.25, 0.3) is 5.91 Å². The summed E-state index contributed by atoms with van der Waals surface area (Å²) < 4.78 is 6.70. The second-order valence-corrected chi connectivity index (χ2v) is 9.54. The van der Waals surface area contributed by atoms with Gasteiger partial charge in [0.05, 0.1) is 5.02 Å². The van der Waals surface area contributed by atoms with Crippen LogP contribution in [0.15, 0.2) is 83.3 Å². The number of nitrogens with one attached hydrogen (secondary N) is 1. The highest BCUT2D eigenvalue weighted by atomic mass is 79.9. The molecule has 0 aliphatic carbocycles. The molecular weight excluding hydrogens is 528 g/mol. The fourth-order valence-electron chi connectivity index (χ4n) is 3.63. The Morgan fingerprint density at radius 2 is 1.66 bits per heavy atom. The molecule has 0 heterocycles. The van der Waals surface area contributed by atoms with Crippen molar-refractivity contribution in [1.29, 1.82) is 0 Å². The molecule has 0 aliphatic heterocycles. The number of rotatable bonds is 12. The van der Waals surface area contributed by atoms with E-state index in [1.54, 1.807) is 29.2 Å². The summed E-state index contributed by atoms with van der Waals surface area (Å²) in [6, 6.07) is 23.8. The molecule has 0 saturated carbocycles. The highest BCUT2D eigenvalue weighted by molar-refractivity contribution is 9.10. The molecule has 0 spiro atoms. The molecule has 35 heavy (non-hydrogen) atoms. The lowest BCUT2D eigenvalue weighted by Gasteiger charge is -2.31.